The highest BCUT2D eigenvalue weighted by molar-refractivity contribution is 7.98. The lowest BCUT2D eigenvalue weighted by molar-refractivity contribution is -0.163. The molecular weight excluding hydrogens is 392 g/mol. The highest BCUT2D eigenvalue weighted by Crippen LogP contribution is 2.36. The van der Waals surface area contributed by atoms with Crippen LogP contribution in [0.2, 0.25) is 0 Å². The van der Waals surface area contributed by atoms with Crippen molar-refractivity contribution in [3.63, 3.8) is 0 Å². The van der Waals surface area contributed by atoms with Gasteiger partial charge in [0.15, 0.2) is 6.10 Å². The summed E-state index contributed by atoms with van der Waals surface area (Å²) in [6, 6.07) is 6.22. The average molecular weight is 416 g/mol. The Morgan fingerprint density at radius 3 is 2.28 bits per heavy atom. The van der Waals surface area contributed by atoms with Gasteiger partial charge in [-0.1, -0.05) is 24.3 Å². The normalized spacial score (nSPS) is 22.8. The molecule has 0 radical (unpaired) electrons. The first kappa shape index (κ1) is 21.1. The third kappa shape index (κ3) is 4.22. The lowest BCUT2D eigenvalue weighted by atomic mass is 9.85. The van der Waals surface area contributed by atoms with Gasteiger partial charge in [0.25, 0.3) is 5.91 Å². The number of hydrogen-bond acceptors (Lipinski definition) is 6. The van der Waals surface area contributed by atoms with Crippen LogP contribution in [0, 0.1) is 11.8 Å². The molecule has 29 heavy (non-hydrogen) atoms. The number of likely N-dealkylation sites (tertiary alicyclic amines) is 1. The van der Waals surface area contributed by atoms with Gasteiger partial charge in [-0.3, -0.25) is 19.3 Å². The number of allylic oxidation sites excluding steroid dienone is 2. The van der Waals surface area contributed by atoms with Crippen molar-refractivity contribution in [2.45, 2.75) is 43.7 Å². The minimum atomic E-state index is -1.07. The molecule has 4 atom stereocenters. The van der Waals surface area contributed by atoms with Gasteiger partial charge in [0, 0.05) is 4.90 Å². The third-order valence-electron chi connectivity index (χ3n) is 5.30. The Balaban J connectivity index is 1.62. The molecule has 1 aliphatic carbocycles. The molecule has 1 heterocycles. The van der Waals surface area contributed by atoms with Gasteiger partial charge in [0.05, 0.1) is 17.5 Å². The number of carbonyl (C=O) groups excluding carboxylic acids is 4. The predicted octanol–water partition coefficient (Wildman–Crippen LogP) is 2.62. The first-order valence-corrected chi connectivity index (χ1v) is 10.7. The summed E-state index contributed by atoms with van der Waals surface area (Å²) >= 11 is 1.49. The van der Waals surface area contributed by atoms with Crippen LogP contribution in [0.25, 0.3) is 0 Å². The molecule has 2 aliphatic rings. The van der Waals surface area contributed by atoms with E-state index in [1.165, 1.54) is 25.6 Å². The number of ether oxygens (including phenoxy) is 1. The van der Waals surface area contributed by atoms with E-state index in [4.69, 9.17) is 4.74 Å². The maximum Gasteiger partial charge on any atom is 0.329 e. The summed E-state index contributed by atoms with van der Waals surface area (Å²) in [4.78, 5) is 52.1. The van der Waals surface area contributed by atoms with Crippen molar-refractivity contribution < 1.29 is 23.9 Å². The van der Waals surface area contributed by atoms with Crippen molar-refractivity contribution in [2.75, 3.05) is 11.6 Å². The van der Waals surface area contributed by atoms with E-state index in [0.717, 1.165) is 9.80 Å². The quantitative estimate of drug-likeness (QED) is 0.332. The molecule has 0 spiro atoms. The number of nitrogens with one attached hydrogen (secondary N) is 1. The van der Waals surface area contributed by atoms with Crippen LogP contribution in [0.3, 0.4) is 0 Å². The summed E-state index contributed by atoms with van der Waals surface area (Å²) in [5.74, 6) is -2.78. The van der Waals surface area contributed by atoms with E-state index in [1.807, 2.05) is 30.5 Å². The van der Waals surface area contributed by atoms with E-state index in [9.17, 15) is 19.2 Å². The lowest BCUT2D eigenvalue weighted by Gasteiger charge is -2.23. The topological polar surface area (TPSA) is 92.8 Å². The lowest BCUT2D eigenvalue weighted by Crippen LogP contribution is -2.46. The smallest absolute Gasteiger partial charge is 0.329 e. The Labute approximate surface area is 173 Å². The summed E-state index contributed by atoms with van der Waals surface area (Å²) in [6.45, 7) is 2.91. The van der Waals surface area contributed by atoms with E-state index >= 15 is 0 Å². The number of imide groups is 1. The van der Waals surface area contributed by atoms with Gasteiger partial charge in [0.2, 0.25) is 11.8 Å². The standard InChI is InChI=1S/C21H24N2O5S/c1-12(23-19(25)14-8-4-5-9-15(14)20(23)26)21(27)28-13(2)18(24)22-16-10-6-7-11-17(16)29-3/h4-7,10-15H,8-9H2,1-3H3,(H,22,24)/t12-,13-,14-,15-/m0/s1. The Morgan fingerprint density at radius 2 is 1.69 bits per heavy atom. The summed E-state index contributed by atoms with van der Waals surface area (Å²) in [5.41, 5.74) is 0.627. The highest BCUT2D eigenvalue weighted by Gasteiger charge is 2.50. The second-order valence-corrected chi connectivity index (χ2v) is 7.99. The van der Waals surface area contributed by atoms with Crippen molar-refractivity contribution in [3.05, 3.63) is 36.4 Å². The number of esters is 1. The number of anilines is 1. The molecule has 8 heteroatoms. The number of thioether (sulfide) groups is 1. The van der Waals surface area contributed by atoms with Gasteiger partial charge < -0.3 is 10.1 Å². The van der Waals surface area contributed by atoms with Crippen LogP contribution < -0.4 is 5.32 Å². The van der Waals surface area contributed by atoms with Crippen LogP contribution in [-0.2, 0) is 23.9 Å². The van der Waals surface area contributed by atoms with E-state index in [-0.39, 0.29) is 11.8 Å². The molecule has 0 saturated carbocycles. The fraction of sp³-hybridized carbons (Fsp3) is 0.429. The van der Waals surface area contributed by atoms with Crippen LogP contribution in [-0.4, -0.2) is 47.0 Å². The van der Waals surface area contributed by atoms with Gasteiger partial charge in [-0.25, -0.2) is 4.79 Å². The Morgan fingerprint density at radius 1 is 1.10 bits per heavy atom. The zero-order valence-corrected chi connectivity index (χ0v) is 17.4. The summed E-state index contributed by atoms with van der Waals surface area (Å²) < 4.78 is 5.26. The number of amides is 3. The molecule has 154 valence electrons. The van der Waals surface area contributed by atoms with Crippen molar-refractivity contribution in [1.82, 2.24) is 4.90 Å². The van der Waals surface area contributed by atoms with Gasteiger partial charge in [-0.15, -0.1) is 11.8 Å². The van der Waals surface area contributed by atoms with E-state index < -0.39 is 35.9 Å². The number of rotatable bonds is 6. The fourth-order valence-electron chi connectivity index (χ4n) is 3.62. The third-order valence-corrected chi connectivity index (χ3v) is 6.09. The van der Waals surface area contributed by atoms with Crippen molar-refractivity contribution >= 4 is 41.1 Å². The van der Waals surface area contributed by atoms with Crippen molar-refractivity contribution in [3.8, 4) is 0 Å². The molecular formula is C21H24N2O5S. The summed E-state index contributed by atoms with van der Waals surface area (Å²) in [6.07, 6.45) is 5.60. The zero-order chi connectivity index (χ0) is 21.1. The molecule has 3 amide bonds. The largest absolute Gasteiger partial charge is 0.451 e. The minimum absolute atomic E-state index is 0.347. The van der Waals surface area contributed by atoms with Gasteiger partial charge in [-0.05, 0) is 45.1 Å². The van der Waals surface area contributed by atoms with Crippen LogP contribution >= 0.6 is 11.8 Å². The maximum absolute atomic E-state index is 12.6. The number of fused-ring (bicyclic) bond motifs is 1. The van der Waals surface area contributed by atoms with Gasteiger partial charge >= 0.3 is 5.97 Å². The molecule has 0 bridgehead atoms. The second kappa shape index (κ2) is 8.82. The average Bonchev–Trinajstić information content (AvgIpc) is 2.98. The summed E-state index contributed by atoms with van der Waals surface area (Å²) in [7, 11) is 0. The van der Waals surface area contributed by atoms with E-state index in [1.54, 1.807) is 12.1 Å². The minimum Gasteiger partial charge on any atom is -0.451 e. The van der Waals surface area contributed by atoms with Crippen LogP contribution in [0.15, 0.2) is 41.3 Å². The molecule has 1 aromatic carbocycles. The van der Waals surface area contributed by atoms with Crippen LogP contribution in [0.5, 0.6) is 0 Å². The van der Waals surface area contributed by atoms with Gasteiger partial charge in [0.1, 0.15) is 6.04 Å². The van der Waals surface area contributed by atoms with Crippen LogP contribution in [0.1, 0.15) is 26.7 Å². The molecule has 1 N–H and O–H groups in total. The highest BCUT2D eigenvalue weighted by atomic mass is 32.2. The molecule has 7 nitrogen and oxygen atoms in total. The molecule has 1 aliphatic heterocycles. The SMILES string of the molecule is CSc1ccccc1NC(=O)[C@H](C)OC(=O)[C@H](C)N1C(=O)[C@H]2CC=CC[C@@H]2C1=O. The van der Waals surface area contributed by atoms with Gasteiger partial charge in [-0.2, -0.15) is 0 Å². The number of carbonyl (C=O) groups is 4. The first-order valence-electron chi connectivity index (χ1n) is 9.51. The Kier molecular flexibility index (Phi) is 6.42. The number of hydrogen-bond donors (Lipinski definition) is 1. The number of nitrogens with zero attached hydrogens (tertiary/aromatic N) is 1. The number of benzene rings is 1. The monoisotopic (exact) mass is 416 g/mol. The molecule has 1 saturated heterocycles. The molecule has 1 fully saturated rings. The maximum atomic E-state index is 12.6. The van der Waals surface area contributed by atoms with E-state index in [0.29, 0.717) is 18.5 Å². The Bertz CT molecular complexity index is 842. The van der Waals surface area contributed by atoms with Crippen molar-refractivity contribution in [2.24, 2.45) is 11.8 Å². The Hall–Kier alpha value is -2.61. The number of para-hydroxylation sites is 1. The summed E-state index contributed by atoms with van der Waals surface area (Å²) in [5, 5.41) is 2.74. The van der Waals surface area contributed by atoms with Crippen molar-refractivity contribution in [1.29, 1.82) is 0 Å². The molecule has 1 aromatic rings. The molecule has 0 aromatic heterocycles. The molecule has 3 rings (SSSR count). The fourth-order valence-corrected chi connectivity index (χ4v) is 4.18. The predicted molar refractivity (Wildman–Crippen MR) is 109 cm³/mol. The zero-order valence-electron chi connectivity index (χ0n) is 16.6. The second-order valence-electron chi connectivity index (χ2n) is 7.15. The van der Waals surface area contributed by atoms with E-state index in [2.05, 4.69) is 5.32 Å². The molecule has 0 unspecified atom stereocenters. The van der Waals surface area contributed by atoms with Crippen LogP contribution in [0.4, 0.5) is 5.69 Å². The first-order chi connectivity index (χ1) is 13.8.